The van der Waals surface area contributed by atoms with Gasteiger partial charge in [-0.05, 0) is 25.0 Å². The van der Waals surface area contributed by atoms with Crippen molar-refractivity contribution in [1.82, 2.24) is 5.32 Å². The van der Waals surface area contributed by atoms with Crippen molar-refractivity contribution < 1.29 is 13.9 Å². The molecule has 2 unspecified atom stereocenters. The number of nitrogens with two attached hydrogens (primary N) is 1. The summed E-state index contributed by atoms with van der Waals surface area (Å²) >= 11 is 0. The van der Waals surface area contributed by atoms with Gasteiger partial charge in [-0.2, -0.15) is 0 Å². The maximum Gasteiger partial charge on any atom is 0.219 e. The number of anilines is 1. The highest BCUT2D eigenvalue weighted by Gasteiger charge is 2.27. The van der Waals surface area contributed by atoms with Crippen LogP contribution in [0.4, 0.5) is 10.1 Å². The first kappa shape index (κ1) is 13.6. The second-order valence-electron chi connectivity index (χ2n) is 4.85. The molecule has 1 fully saturated rings. The number of carbonyl (C=O) groups is 1. The molecule has 4 nitrogen and oxygen atoms in total. The van der Waals surface area contributed by atoms with Crippen molar-refractivity contribution >= 4 is 11.6 Å². The van der Waals surface area contributed by atoms with E-state index < -0.39 is 0 Å². The van der Waals surface area contributed by atoms with Crippen LogP contribution in [0.1, 0.15) is 32.6 Å². The Morgan fingerprint density at radius 2 is 2.32 bits per heavy atom. The Morgan fingerprint density at radius 3 is 3.05 bits per heavy atom. The number of ether oxygens (including phenoxy) is 1. The van der Waals surface area contributed by atoms with Gasteiger partial charge in [-0.25, -0.2) is 4.39 Å². The number of benzene rings is 1. The number of halogens is 1. The Morgan fingerprint density at radius 1 is 1.53 bits per heavy atom. The van der Waals surface area contributed by atoms with Crippen LogP contribution in [0.25, 0.3) is 0 Å². The van der Waals surface area contributed by atoms with Crippen molar-refractivity contribution in [3.8, 4) is 5.75 Å². The molecule has 0 bridgehead atoms. The van der Waals surface area contributed by atoms with E-state index in [9.17, 15) is 9.18 Å². The van der Waals surface area contributed by atoms with Gasteiger partial charge in [-0.1, -0.05) is 6.92 Å². The second-order valence-corrected chi connectivity index (χ2v) is 4.85. The van der Waals surface area contributed by atoms with E-state index in [1.54, 1.807) is 0 Å². The van der Waals surface area contributed by atoms with Crippen LogP contribution in [-0.4, -0.2) is 18.1 Å². The van der Waals surface area contributed by atoms with Gasteiger partial charge in [0.2, 0.25) is 5.91 Å². The molecular formula is C14H19FN2O2. The molecule has 1 saturated carbocycles. The topological polar surface area (TPSA) is 64.3 Å². The van der Waals surface area contributed by atoms with Gasteiger partial charge < -0.3 is 15.8 Å². The first-order chi connectivity index (χ1) is 9.08. The molecule has 1 aromatic rings. The van der Waals surface area contributed by atoms with Crippen molar-refractivity contribution in [3.05, 3.63) is 24.0 Å². The lowest BCUT2D eigenvalue weighted by Gasteiger charge is -2.16. The number of hydrogen-bond donors (Lipinski definition) is 2. The van der Waals surface area contributed by atoms with Gasteiger partial charge in [-0.3, -0.25) is 4.79 Å². The Labute approximate surface area is 112 Å². The summed E-state index contributed by atoms with van der Waals surface area (Å²) in [5.41, 5.74) is 6.18. The molecule has 0 spiro atoms. The van der Waals surface area contributed by atoms with E-state index in [1.807, 2.05) is 6.92 Å². The molecule has 0 aromatic heterocycles. The van der Waals surface area contributed by atoms with Crippen molar-refractivity contribution in [3.63, 3.8) is 0 Å². The molecule has 2 rings (SSSR count). The Kier molecular flexibility index (Phi) is 4.24. The molecule has 104 valence electrons. The summed E-state index contributed by atoms with van der Waals surface area (Å²) in [4.78, 5) is 11.3. The number of rotatable bonds is 4. The molecule has 0 heterocycles. The van der Waals surface area contributed by atoms with Crippen molar-refractivity contribution in [2.75, 3.05) is 5.73 Å². The molecule has 1 aliphatic rings. The lowest BCUT2D eigenvalue weighted by Crippen LogP contribution is -2.33. The predicted molar refractivity (Wildman–Crippen MR) is 71.3 cm³/mol. The highest BCUT2D eigenvalue weighted by molar-refractivity contribution is 5.75. The third-order valence-corrected chi connectivity index (χ3v) is 3.34. The van der Waals surface area contributed by atoms with E-state index in [4.69, 9.17) is 10.5 Å². The van der Waals surface area contributed by atoms with E-state index in [2.05, 4.69) is 5.32 Å². The lowest BCUT2D eigenvalue weighted by atomic mass is 10.2. The molecule has 5 heteroatoms. The monoisotopic (exact) mass is 266 g/mol. The Hall–Kier alpha value is -1.78. The largest absolute Gasteiger partial charge is 0.488 e. The molecule has 2 atom stereocenters. The highest BCUT2D eigenvalue weighted by atomic mass is 19.1. The number of hydrogen-bond acceptors (Lipinski definition) is 3. The zero-order chi connectivity index (χ0) is 13.8. The summed E-state index contributed by atoms with van der Waals surface area (Å²) in [5, 5.41) is 2.95. The Balaban J connectivity index is 1.91. The van der Waals surface area contributed by atoms with Crippen molar-refractivity contribution in [2.24, 2.45) is 0 Å². The number of nitrogens with one attached hydrogen (secondary N) is 1. The van der Waals surface area contributed by atoms with Gasteiger partial charge in [0.15, 0.2) is 0 Å². The van der Waals surface area contributed by atoms with Crippen LogP contribution in [0.3, 0.4) is 0 Å². The predicted octanol–water partition coefficient (Wildman–Crippen LogP) is 2.23. The summed E-state index contributed by atoms with van der Waals surface area (Å²) in [7, 11) is 0. The smallest absolute Gasteiger partial charge is 0.219 e. The Bertz CT molecular complexity index is 465. The van der Waals surface area contributed by atoms with Gasteiger partial charge in [0.25, 0.3) is 0 Å². The van der Waals surface area contributed by atoms with E-state index in [0.29, 0.717) is 17.9 Å². The minimum atomic E-state index is -0.363. The van der Waals surface area contributed by atoms with Crippen molar-refractivity contribution in [1.29, 1.82) is 0 Å². The lowest BCUT2D eigenvalue weighted by molar-refractivity contribution is -0.121. The van der Waals surface area contributed by atoms with Crippen LogP contribution in [0.5, 0.6) is 5.75 Å². The summed E-state index contributed by atoms with van der Waals surface area (Å²) in [5.74, 6) is 0.0708. The second kappa shape index (κ2) is 5.91. The number of carbonyl (C=O) groups excluding carboxylic acids is 1. The molecule has 0 radical (unpaired) electrons. The molecule has 19 heavy (non-hydrogen) atoms. The average Bonchev–Trinajstić information content (AvgIpc) is 2.81. The first-order valence-corrected chi connectivity index (χ1v) is 6.59. The van der Waals surface area contributed by atoms with Crippen LogP contribution in [-0.2, 0) is 4.79 Å². The van der Waals surface area contributed by atoms with Crippen LogP contribution < -0.4 is 15.8 Å². The zero-order valence-electron chi connectivity index (χ0n) is 11.0. The SMILES string of the molecule is CCC(=O)NC1CCC(Oc2cc(F)ccc2N)C1. The molecule has 1 amide bonds. The third-order valence-electron chi connectivity index (χ3n) is 3.34. The quantitative estimate of drug-likeness (QED) is 0.821. The fourth-order valence-corrected chi connectivity index (χ4v) is 2.30. The molecule has 1 aliphatic carbocycles. The molecule has 0 saturated heterocycles. The van der Waals surface area contributed by atoms with Gasteiger partial charge in [-0.15, -0.1) is 0 Å². The van der Waals surface area contributed by atoms with E-state index in [0.717, 1.165) is 19.3 Å². The minimum Gasteiger partial charge on any atom is -0.488 e. The van der Waals surface area contributed by atoms with E-state index >= 15 is 0 Å². The normalized spacial score (nSPS) is 22.2. The minimum absolute atomic E-state index is 0.0220. The maximum absolute atomic E-state index is 13.1. The van der Waals surface area contributed by atoms with Gasteiger partial charge in [0.05, 0.1) is 5.69 Å². The summed E-state index contributed by atoms with van der Waals surface area (Å²) in [6.45, 7) is 1.83. The van der Waals surface area contributed by atoms with Crippen molar-refractivity contribution in [2.45, 2.75) is 44.8 Å². The van der Waals surface area contributed by atoms with Gasteiger partial charge in [0, 0.05) is 24.9 Å². The average molecular weight is 266 g/mol. The molecule has 3 N–H and O–H groups in total. The van der Waals surface area contributed by atoms with Crippen LogP contribution in [0.2, 0.25) is 0 Å². The van der Waals surface area contributed by atoms with Crippen LogP contribution in [0, 0.1) is 5.82 Å². The zero-order valence-corrected chi connectivity index (χ0v) is 11.0. The highest BCUT2D eigenvalue weighted by Crippen LogP contribution is 2.29. The summed E-state index contributed by atoms with van der Waals surface area (Å²) in [6.07, 6.45) is 2.92. The van der Waals surface area contributed by atoms with Crippen LogP contribution >= 0.6 is 0 Å². The fourth-order valence-electron chi connectivity index (χ4n) is 2.30. The molecule has 1 aromatic carbocycles. The molecule has 0 aliphatic heterocycles. The summed E-state index contributed by atoms with van der Waals surface area (Å²) < 4.78 is 18.8. The standard InChI is InChI=1S/C14H19FN2O2/c1-2-14(18)17-10-4-5-11(8-10)19-13-7-9(15)3-6-12(13)16/h3,6-7,10-11H,2,4-5,8,16H2,1H3,(H,17,18). The van der Waals surface area contributed by atoms with E-state index in [1.165, 1.54) is 18.2 Å². The summed E-state index contributed by atoms with van der Waals surface area (Å²) in [6, 6.07) is 4.25. The van der Waals surface area contributed by atoms with Crippen LogP contribution in [0.15, 0.2) is 18.2 Å². The third kappa shape index (κ3) is 3.59. The molecular weight excluding hydrogens is 247 g/mol. The fraction of sp³-hybridized carbons (Fsp3) is 0.500. The number of amides is 1. The number of nitrogen functional groups attached to an aromatic ring is 1. The first-order valence-electron chi connectivity index (χ1n) is 6.59. The van der Waals surface area contributed by atoms with Gasteiger partial charge >= 0.3 is 0 Å². The maximum atomic E-state index is 13.1. The van der Waals surface area contributed by atoms with E-state index in [-0.39, 0.29) is 23.9 Å². The van der Waals surface area contributed by atoms with Gasteiger partial charge in [0.1, 0.15) is 17.7 Å².